The number of hydrogen-bond acceptors (Lipinski definition) is 5. The van der Waals surface area contributed by atoms with Crippen LogP contribution in [0.25, 0.3) is 0 Å². The van der Waals surface area contributed by atoms with Crippen LogP contribution >= 0.6 is 0 Å². The van der Waals surface area contributed by atoms with Crippen LogP contribution in [0.15, 0.2) is 72.9 Å². The van der Waals surface area contributed by atoms with E-state index in [-0.39, 0.29) is 11.8 Å². The number of para-hydroxylation sites is 1. The van der Waals surface area contributed by atoms with Crippen LogP contribution in [0, 0.1) is 5.92 Å². The standard InChI is InChI=1S/C26H28N4O3/c1-19-7-6-16-30(18-19)23-13-10-20(11-14-23)25(31)28-21-12-15-24(27-17-21)33-26(32)29(2)22-8-4-3-5-9-22/h3-5,8-15,17,19H,6-7,16,18H2,1-2H3,(H,28,31). The van der Waals surface area contributed by atoms with Crippen LogP contribution in [0.4, 0.5) is 21.9 Å². The lowest BCUT2D eigenvalue weighted by atomic mass is 9.99. The largest absolute Gasteiger partial charge is 0.420 e. The Hall–Kier alpha value is -3.87. The Kier molecular flexibility index (Phi) is 6.88. The molecule has 1 unspecified atom stereocenters. The molecule has 4 rings (SSSR count). The SMILES string of the molecule is CC1CCCN(c2ccc(C(=O)Nc3ccc(OC(=O)N(C)c4ccccc4)nc3)cc2)C1. The van der Waals surface area contributed by atoms with Gasteiger partial charge in [-0.25, -0.2) is 9.78 Å². The lowest BCUT2D eigenvalue weighted by molar-refractivity contribution is 0.102. The van der Waals surface area contributed by atoms with Crippen molar-refractivity contribution in [1.29, 1.82) is 0 Å². The van der Waals surface area contributed by atoms with E-state index in [0.29, 0.717) is 22.9 Å². The molecule has 0 saturated carbocycles. The predicted molar refractivity (Wildman–Crippen MR) is 130 cm³/mol. The van der Waals surface area contributed by atoms with Gasteiger partial charge >= 0.3 is 6.09 Å². The van der Waals surface area contributed by atoms with Gasteiger partial charge in [-0.3, -0.25) is 9.69 Å². The van der Waals surface area contributed by atoms with Crippen molar-refractivity contribution in [2.45, 2.75) is 19.8 Å². The summed E-state index contributed by atoms with van der Waals surface area (Å²) in [6.45, 7) is 4.38. The molecule has 7 heteroatoms. The maximum absolute atomic E-state index is 12.6. The number of amides is 2. The molecule has 1 N–H and O–H groups in total. The maximum atomic E-state index is 12.6. The number of carbonyl (C=O) groups is 2. The van der Waals surface area contributed by atoms with Gasteiger partial charge in [-0.15, -0.1) is 0 Å². The summed E-state index contributed by atoms with van der Waals surface area (Å²) in [7, 11) is 1.63. The average Bonchev–Trinajstić information content (AvgIpc) is 2.85. The zero-order valence-electron chi connectivity index (χ0n) is 18.9. The molecule has 3 aromatic rings. The molecule has 2 aromatic carbocycles. The Labute approximate surface area is 194 Å². The molecule has 33 heavy (non-hydrogen) atoms. The number of carbonyl (C=O) groups excluding carboxylic acids is 2. The molecule has 1 aliphatic heterocycles. The van der Waals surface area contributed by atoms with E-state index in [2.05, 4.69) is 22.1 Å². The lowest BCUT2D eigenvalue weighted by Gasteiger charge is -2.32. The monoisotopic (exact) mass is 444 g/mol. The molecule has 7 nitrogen and oxygen atoms in total. The smallest absolute Gasteiger partial charge is 0.391 e. The van der Waals surface area contributed by atoms with E-state index in [1.807, 2.05) is 54.6 Å². The van der Waals surface area contributed by atoms with E-state index < -0.39 is 6.09 Å². The number of ether oxygens (including phenoxy) is 1. The topological polar surface area (TPSA) is 74.8 Å². The van der Waals surface area contributed by atoms with Crippen LogP contribution in [0.2, 0.25) is 0 Å². The first kappa shape index (κ1) is 22.3. The van der Waals surface area contributed by atoms with Crippen molar-refractivity contribution in [3.8, 4) is 5.88 Å². The molecular weight excluding hydrogens is 416 g/mol. The third kappa shape index (κ3) is 5.68. The van der Waals surface area contributed by atoms with Crippen molar-refractivity contribution in [2.24, 2.45) is 5.92 Å². The van der Waals surface area contributed by atoms with E-state index in [1.165, 1.54) is 23.9 Å². The molecule has 0 bridgehead atoms. The van der Waals surface area contributed by atoms with Gasteiger partial charge < -0.3 is 15.0 Å². The van der Waals surface area contributed by atoms with Crippen molar-refractivity contribution < 1.29 is 14.3 Å². The summed E-state index contributed by atoms with van der Waals surface area (Å²) < 4.78 is 5.31. The summed E-state index contributed by atoms with van der Waals surface area (Å²) in [5, 5.41) is 2.83. The van der Waals surface area contributed by atoms with Crippen LogP contribution in [-0.4, -0.2) is 37.1 Å². The van der Waals surface area contributed by atoms with Crippen LogP contribution < -0.4 is 19.9 Å². The second kappa shape index (κ2) is 10.2. The number of aromatic nitrogens is 1. The molecule has 2 heterocycles. The highest BCUT2D eigenvalue weighted by atomic mass is 16.6. The zero-order valence-corrected chi connectivity index (χ0v) is 18.9. The van der Waals surface area contributed by atoms with Gasteiger partial charge in [-0.1, -0.05) is 25.1 Å². The van der Waals surface area contributed by atoms with E-state index in [1.54, 1.807) is 19.2 Å². The highest BCUT2D eigenvalue weighted by molar-refractivity contribution is 6.04. The first-order chi connectivity index (χ1) is 16.0. The molecule has 0 spiro atoms. The Morgan fingerprint density at radius 1 is 1.06 bits per heavy atom. The zero-order chi connectivity index (χ0) is 23.2. The van der Waals surface area contributed by atoms with Crippen molar-refractivity contribution in [1.82, 2.24) is 4.98 Å². The number of piperidine rings is 1. The Balaban J connectivity index is 1.33. The minimum Gasteiger partial charge on any atom is -0.391 e. The van der Waals surface area contributed by atoms with Gasteiger partial charge in [0.1, 0.15) is 0 Å². The number of anilines is 3. The van der Waals surface area contributed by atoms with Gasteiger partial charge in [0.25, 0.3) is 5.91 Å². The molecule has 1 aliphatic rings. The summed E-state index contributed by atoms with van der Waals surface area (Å²) in [6.07, 6.45) is 3.39. The Morgan fingerprint density at radius 3 is 2.48 bits per heavy atom. The van der Waals surface area contributed by atoms with Crippen LogP contribution in [-0.2, 0) is 0 Å². The summed E-state index contributed by atoms with van der Waals surface area (Å²) in [6, 6.07) is 20.1. The van der Waals surface area contributed by atoms with Gasteiger partial charge in [-0.05, 0) is 61.2 Å². The van der Waals surface area contributed by atoms with E-state index in [9.17, 15) is 9.59 Å². The molecule has 1 aromatic heterocycles. The number of nitrogens with zero attached hydrogens (tertiary/aromatic N) is 3. The third-order valence-corrected chi connectivity index (χ3v) is 5.76. The molecule has 170 valence electrons. The highest BCUT2D eigenvalue weighted by Crippen LogP contribution is 2.23. The minimum absolute atomic E-state index is 0.154. The summed E-state index contributed by atoms with van der Waals surface area (Å²) in [4.78, 5) is 32.8. The van der Waals surface area contributed by atoms with Gasteiger partial charge in [0.05, 0.1) is 11.9 Å². The third-order valence-electron chi connectivity index (χ3n) is 5.76. The molecule has 0 aliphatic carbocycles. The van der Waals surface area contributed by atoms with Crippen molar-refractivity contribution >= 4 is 29.1 Å². The fraction of sp³-hybridized carbons (Fsp3) is 0.269. The molecule has 2 amide bonds. The minimum atomic E-state index is -0.548. The number of rotatable bonds is 5. The predicted octanol–water partition coefficient (Wildman–Crippen LogP) is 5.21. The molecule has 1 fully saturated rings. The average molecular weight is 445 g/mol. The van der Waals surface area contributed by atoms with E-state index in [4.69, 9.17) is 4.74 Å². The van der Waals surface area contributed by atoms with E-state index in [0.717, 1.165) is 18.8 Å². The van der Waals surface area contributed by atoms with Crippen molar-refractivity contribution in [3.63, 3.8) is 0 Å². The first-order valence-corrected chi connectivity index (χ1v) is 11.1. The molecule has 1 saturated heterocycles. The second-order valence-corrected chi connectivity index (χ2v) is 8.34. The normalized spacial score (nSPS) is 15.6. The lowest BCUT2D eigenvalue weighted by Crippen LogP contribution is -2.34. The van der Waals surface area contributed by atoms with Crippen molar-refractivity contribution in [3.05, 3.63) is 78.5 Å². The number of nitrogens with one attached hydrogen (secondary N) is 1. The maximum Gasteiger partial charge on any atom is 0.420 e. The first-order valence-electron chi connectivity index (χ1n) is 11.1. The summed E-state index contributed by atoms with van der Waals surface area (Å²) >= 11 is 0. The highest BCUT2D eigenvalue weighted by Gasteiger charge is 2.17. The Morgan fingerprint density at radius 2 is 1.82 bits per heavy atom. The number of benzene rings is 2. The summed E-state index contributed by atoms with van der Waals surface area (Å²) in [5.74, 6) is 0.625. The summed E-state index contributed by atoms with van der Waals surface area (Å²) in [5.41, 5.74) is 2.95. The van der Waals surface area contributed by atoms with Gasteiger partial charge in [0.2, 0.25) is 5.88 Å². The van der Waals surface area contributed by atoms with Crippen LogP contribution in [0.3, 0.4) is 0 Å². The van der Waals surface area contributed by atoms with Gasteiger partial charge in [0, 0.05) is 43.1 Å². The fourth-order valence-electron chi connectivity index (χ4n) is 3.88. The number of pyridine rings is 1. The molecule has 1 atom stereocenters. The van der Waals surface area contributed by atoms with Crippen LogP contribution in [0.5, 0.6) is 5.88 Å². The van der Waals surface area contributed by atoms with Gasteiger partial charge in [0.15, 0.2) is 0 Å². The quantitative estimate of drug-likeness (QED) is 0.585. The Bertz CT molecular complexity index is 1080. The van der Waals surface area contributed by atoms with Crippen LogP contribution in [0.1, 0.15) is 30.1 Å². The number of hydrogen-bond donors (Lipinski definition) is 1. The second-order valence-electron chi connectivity index (χ2n) is 8.34. The van der Waals surface area contributed by atoms with E-state index >= 15 is 0 Å². The van der Waals surface area contributed by atoms with Gasteiger partial charge in [-0.2, -0.15) is 0 Å². The molecular formula is C26H28N4O3. The van der Waals surface area contributed by atoms with Crippen molar-refractivity contribution in [2.75, 3.05) is 35.3 Å². The fourth-order valence-corrected chi connectivity index (χ4v) is 3.88. The molecule has 0 radical (unpaired) electrons.